The van der Waals surface area contributed by atoms with Gasteiger partial charge in [-0.2, -0.15) is 4.39 Å². The molecule has 102 valence electrons. The predicted octanol–water partition coefficient (Wildman–Crippen LogP) is 2.69. The number of rotatable bonds is 3. The second kappa shape index (κ2) is 5.43. The summed E-state index contributed by atoms with van der Waals surface area (Å²) in [5.41, 5.74) is 0.506. The summed E-state index contributed by atoms with van der Waals surface area (Å²) < 4.78 is 13.2. The van der Waals surface area contributed by atoms with Crippen LogP contribution in [0.1, 0.15) is 16.1 Å². The van der Waals surface area contributed by atoms with E-state index in [2.05, 4.69) is 10.3 Å². The summed E-state index contributed by atoms with van der Waals surface area (Å²) in [5.74, 6) is -1.55. The molecule has 1 amide bonds. The van der Waals surface area contributed by atoms with Crippen LogP contribution >= 0.6 is 0 Å². The number of aromatic nitrogens is 1. The number of benzene rings is 1. The van der Waals surface area contributed by atoms with Crippen LogP contribution in [0.25, 0.3) is 0 Å². The molecule has 0 aliphatic heterocycles. The standard InChI is InChI=1S/C13H10FN3O3/c1-8-2-4-10(7-15-8)16-13(18)9-3-5-11(14)12(6-9)17(19)20/h2-7H,1H3,(H,16,18). The molecule has 0 bridgehead atoms. The fourth-order valence-electron chi connectivity index (χ4n) is 1.54. The van der Waals surface area contributed by atoms with Crippen molar-refractivity contribution in [3.63, 3.8) is 0 Å². The summed E-state index contributed by atoms with van der Waals surface area (Å²) in [4.78, 5) is 25.6. The van der Waals surface area contributed by atoms with Crippen molar-refractivity contribution in [3.8, 4) is 0 Å². The van der Waals surface area contributed by atoms with Crippen molar-refractivity contribution in [1.29, 1.82) is 0 Å². The third-order valence-corrected chi connectivity index (χ3v) is 2.57. The lowest BCUT2D eigenvalue weighted by molar-refractivity contribution is -0.387. The first-order valence-corrected chi connectivity index (χ1v) is 5.65. The zero-order valence-corrected chi connectivity index (χ0v) is 10.5. The largest absolute Gasteiger partial charge is 0.321 e. The van der Waals surface area contributed by atoms with E-state index < -0.39 is 22.3 Å². The van der Waals surface area contributed by atoms with Gasteiger partial charge >= 0.3 is 5.69 Å². The average Bonchev–Trinajstić information content (AvgIpc) is 2.41. The zero-order valence-electron chi connectivity index (χ0n) is 10.5. The second-order valence-electron chi connectivity index (χ2n) is 4.07. The van der Waals surface area contributed by atoms with Crippen LogP contribution in [0.3, 0.4) is 0 Å². The highest BCUT2D eigenvalue weighted by Gasteiger charge is 2.17. The van der Waals surface area contributed by atoms with Crippen LogP contribution in [0.15, 0.2) is 36.5 Å². The summed E-state index contributed by atoms with van der Waals surface area (Å²) in [5, 5.41) is 13.1. The lowest BCUT2D eigenvalue weighted by atomic mass is 10.2. The van der Waals surface area contributed by atoms with Crippen molar-refractivity contribution in [3.05, 3.63) is 63.7 Å². The number of nitro groups is 1. The number of hydrogen-bond acceptors (Lipinski definition) is 4. The van der Waals surface area contributed by atoms with Gasteiger partial charge in [-0.3, -0.25) is 19.9 Å². The molecular weight excluding hydrogens is 265 g/mol. The number of aryl methyl sites for hydroxylation is 1. The normalized spacial score (nSPS) is 10.1. The minimum Gasteiger partial charge on any atom is -0.321 e. The van der Waals surface area contributed by atoms with Gasteiger partial charge < -0.3 is 5.32 Å². The topological polar surface area (TPSA) is 85.1 Å². The molecule has 20 heavy (non-hydrogen) atoms. The molecule has 2 rings (SSSR count). The Morgan fingerprint density at radius 1 is 1.35 bits per heavy atom. The summed E-state index contributed by atoms with van der Waals surface area (Å²) in [6.45, 7) is 1.80. The van der Waals surface area contributed by atoms with Crippen molar-refractivity contribution in [2.45, 2.75) is 6.92 Å². The Bertz CT molecular complexity index is 671. The average molecular weight is 275 g/mol. The van der Waals surface area contributed by atoms with Crippen LogP contribution < -0.4 is 5.32 Å². The molecule has 0 fully saturated rings. The lowest BCUT2D eigenvalue weighted by Crippen LogP contribution is -2.12. The van der Waals surface area contributed by atoms with Gasteiger partial charge in [-0.25, -0.2) is 0 Å². The van der Waals surface area contributed by atoms with E-state index in [-0.39, 0.29) is 5.56 Å². The molecule has 0 aliphatic rings. The van der Waals surface area contributed by atoms with Crippen molar-refractivity contribution < 1.29 is 14.1 Å². The Labute approximate surface area is 113 Å². The van der Waals surface area contributed by atoms with Gasteiger partial charge in [0.2, 0.25) is 5.82 Å². The van der Waals surface area contributed by atoms with Gasteiger partial charge in [0.25, 0.3) is 5.91 Å². The molecule has 1 heterocycles. The van der Waals surface area contributed by atoms with Gasteiger partial charge in [0.05, 0.1) is 16.8 Å². The van der Waals surface area contributed by atoms with Gasteiger partial charge in [-0.1, -0.05) is 0 Å². The van der Waals surface area contributed by atoms with Crippen molar-refractivity contribution in [1.82, 2.24) is 4.98 Å². The molecule has 0 aliphatic carbocycles. The monoisotopic (exact) mass is 275 g/mol. The third-order valence-electron chi connectivity index (χ3n) is 2.57. The number of carbonyl (C=O) groups excluding carboxylic acids is 1. The highest BCUT2D eigenvalue weighted by Crippen LogP contribution is 2.19. The van der Waals surface area contributed by atoms with Crippen molar-refractivity contribution >= 4 is 17.3 Å². The molecule has 0 atom stereocenters. The van der Waals surface area contributed by atoms with Gasteiger partial charge in [0.15, 0.2) is 0 Å². The molecule has 0 saturated heterocycles. The van der Waals surface area contributed by atoms with E-state index in [0.717, 1.165) is 17.8 Å². The zero-order chi connectivity index (χ0) is 14.7. The van der Waals surface area contributed by atoms with Gasteiger partial charge in [-0.05, 0) is 31.2 Å². The summed E-state index contributed by atoms with van der Waals surface area (Å²) in [6, 6.07) is 6.33. The first-order valence-electron chi connectivity index (χ1n) is 5.65. The van der Waals surface area contributed by atoms with Gasteiger partial charge in [-0.15, -0.1) is 0 Å². The third kappa shape index (κ3) is 2.94. The van der Waals surface area contributed by atoms with Crippen LogP contribution in [-0.2, 0) is 0 Å². The van der Waals surface area contributed by atoms with E-state index in [4.69, 9.17) is 0 Å². The van der Waals surface area contributed by atoms with E-state index in [1.807, 2.05) is 0 Å². The van der Waals surface area contributed by atoms with Crippen LogP contribution in [0.5, 0.6) is 0 Å². The van der Waals surface area contributed by atoms with Crippen LogP contribution in [0, 0.1) is 22.9 Å². The smallest absolute Gasteiger partial charge is 0.305 e. The van der Waals surface area contributed by atoms with E-state index in [9.17, 15) is 19.3 Å². The Kier molecular flexibility index (Phi) is 3.69. The highest BCUT2D eigenvalue weighted by molar-refractivity contribution is 6.04. The Morgan fingerprint density at radius 2 is 2.10 bits per heavy atom. The Balaban J connectivity index is 2.23. The minimum atomic E-state index is -0.983. The molecule has 0 unspecified atom stereocenters. The predicted molar refractivity (Wildman–Crippen MR) is 70.0 cm³/mol. The van der Waals surface area contributed by atoms with Crippen molar-refractivity contribution in [2.24, 2.45) is 0 Å². The summed E-state index contributed by atoms with van der Waals surface area (Å²) in [7, 11) is 0. The molecule has 6 nitrogen and oxygen atoms in total. The maximum Gasteiger partial charge on any atom is 0.305 e. The number of amides is 1. The fraction of sp³-hybridized carbons (Fsp3) is 0.0769. The number of carbonyl (C=O) groups is 1. The molecule has 0 spiro atoms. The molecule has 7 heteroatoms. The van der Waals surface area contributed by atoms with Gasteiger partial charge in [0.1, 0.15) is 0 Å². The molecular formula is C13H10FN3O3. The molecule has 0 radical (unpaired) electrons. The maximum atomic E-state index is 13.2. The number of pyridine rings is 1. The highest BCUT2D eigenvalue weighted by atomic mass is 19.1. The molecule has 1 aromatic heterocycles. The van der Waals surface area contributed by atoms with E-state index in [1.54, 1.807) is 19.1 Å². The SMILES string of the molecule is Cc1ccc(NC(=O)c2ccc(F)c([N+](=O)[O-])c2)cn1. The lowest BCUT2D eigenvalue weighted by Gasteiger charge is -2.05. The first kappa shape index (κ1) is 13.6. The number of nitrogens with one attached hydrogen (secondary N) is 1. The fourth-order valence-corrected chi connectivity index (χ4v) is 1.54. The van der Waals surface area contributed by atoms with Gasteiger partial charge in [0, 0.05) is 17.3 Å². The van der Waals surface area contributed by atoms with Crippen molar-refractivity contribution in [2.75, 3.05) is 5.32 Å². The maximum absolute atomic E-state index is 13.2. The van der Waals surface area contributed by atoms with Crippen LogP contribution in [-0.4, -0.2) is 15.8 Å². The Morgan fingerprint density at radius 3 is 2.70 bits per heavy atom. The van der Waals surface area contributed by atoms with E-state index in [0.29, 0.717) is 5.69 Å². The van der Waals surface area contributed by atoms with Crippen LogP contribution in [0.4, 0.5) is 15.8 Å². The summed E-state index contributed by atoms with van der Waals surface area (Å²) in [6.07, 6.45) is 1.46. The second-order valence-corrected chi connectivity index (χ2v) is 4.07. The van der Waals surface area contributed by atoms with Crippen LogP contribution in [0.2, 0.25) is 0 Å². The quantitative estimate of drug-likeness (QED) is 0.689. The number of hydrogen-bond donors (Lipinski definition) is 1. The number of halogens is 1. The molecule has 1 aromatic carbocycles. The minimum absolute atomic E-state index is 0.00123. The number of nitro benzene ring substituents is 1. The van der Waals surface area contributed by atoms with E-state index >= 15 is 0 Å². The van der Waals surface area contributed by atoms with E-state index in [1.165, 1.54) is 12.3 Å². The molecule has 0 saturated carbocycles. The Hall–Kier alpha value is -2.83. The number of nitrogens with zero attached hydrogens (tertiary/aromatic N) is 2. The number of anilines is 1. The first-order chi connectivity index (χ1) is 9.47. The summed E-state index contributed by atoms with van der Waals surface area (Å²) >= 11 is 0. The molecule has 2 aromatic rings. The molecule has 1 N–H and O–H groups in total.